The van der Waals surface area contributed by atoms with Gasteiger partial charge in [-0.15, -0.1) is 0 Å². The molecule has 0 amide bonds. The van der Waals surface area contributed by atoms with E-state index in [0.717, 1.165) is 24.6 Å². The lowest BCUT2D eigenvalue weighted by Gasteiger charge is -1.68. The van der Waals surface area contributed by atoms with E-state index in [2.05, 4.69) is 29.9 Å². The van der Waals surface area contributed by atoms with Gasteiger partial charge in [0, 0.05) is 44.3 Å². The van der Waals surface area contributed by atoms with Gasteiger partial charge in [-0.3, -0.25) is 0 Å². The zero-order chi connectivity index (χ0) is 15.2. The van der Waals surface area contributed by atoms with Crippen LogP contribution in [0.3, 0.4) is 0 Å². The molecule has 0 atom stereocenters. The molecule has 0 radical (unpaired) electrons. The summed E-state index contributed by atoms with van der Waals surface area (Å²) in [6.07, 6.45) is 10.6. The highest BCUT2D eigenvalue weighted by Gasteiger charge is 1.74. The first-order valence-corrected chi connectivity index (χ1v) is 6.01. The maximum Gasteiger partial charge on any atom is 0.102 e. The van der Waals surface area contributed by atoms with Crippen molar-refractivity contribution in [3.63, 3.8) is 0 Å². The molecule has 0 aliphatic heterocycles. The predicted molar refractivity (Wildman–Crippen MR) is 78.1 cm³/mol. The number of aromatic amines is 3. The van der Waals surface area contributed by atoms with Crippen molar-refractivity contribution in [1.82, 2.24) is 29.9 Å². The summed E-state index contributed by atoms with van der Waals surface area (Å²) in [6, 6.07) is 0. The number of aliphatic hydroxyl groups is 1. The number of nitrogens with one attached hydrogen (secondary N) is 3. The van der Waals surface area contributed by atoms with Gasteiger partial charge in [0.1, 0.15) is 17.5 Å². The molecule has 0 aromatic carbocycles. The quantitative estimate of drug-likeness (QED) is 0.502. The second-order valence-corrected chi connectivity index (χ2v) is 3.52. The van der Waals surface area contributed by atoms with E-state index in [1.807, 2.05) is 20.8 Å². The number of imidazole rings is 3. The van der Waals surface area contributed by atoms with Crippen molar-refractivity contribution in [3.05, 3.63) is 54.7 Å². The zero-order valence-electron chi connectivity index (χ0n) is 12.3. The third-order valence-corrected chi connectivity index (χ3v) is 1.90. The van der Waals surface area contributed by atoms with Crippen molar-refractivity contribution < 1.29 is 5.11 Å². The number of hydrogen-bond acceptors (Lipinski definition) is 4. The molecule has 110 valence electrons. The van der Waals surface area contributed by atoms with Gasteiger partial charge in [-0.25, -0.2) is 15.0 Å². The van der Waals surface area contributed by atoms with Crippen LogP contribution >= 0.6 is 0 Å². The van der Waals surface area contributed by atoms with Crippen molar-refractivity contribution in [3.8, 4) is 0 Å². The normalized spacial score (nSPS) is 8.25. The molecule has 7 heteroatoms. The smallest absolute Gasteiger partial charge is 0.102 e. The number of rotatable bonds is 0. The molecule has 3 aromatic rings. The predicted octanol–water partition coefficient (Wildman–Crippen LogP) is 1.76. The van der Waals surface area contributed by atoms with Gasteiger partial charge in [0.05, 0.1) is 0 Å². The van der Waals surface area contributed by atoms with Crippen LogP contribution in [0.5, 0.6) is 0 Å². The second kappa shape index (κ2) is 11.7. The Morgan fingerprint density at radius 1 is 0.650 bits per heavy atom. The number of aromatic nitrogens is 6. The van der Waals surface area contributed by atoms with Gasteiger partial charge >= 0.3 is 0 Å². The molecule has 0 unspecified atom stereocenters. The largest absolute Gasteiger partial charge is 0.400 e. The molecular weight excluding hydrogens is 256 g/mol. The molecule has 3 heterocycles. The zero-order valence-corrected chi connectivity index (χ0v) is 12.3. The van der Waals surface area contributed by atoms with Crippen LogP contribution in [0.15, 0.2) is 37.2 Å². The van der Waals surface area contributed by atoms with E-state index in [4.69, 9.17) is 5.11 Å². The first kappa shape index (κ1) is 17.6. The van der Waals surface area contributed by atoms with Crippen molar-refractivity contribution in [2.75, 3.05) is 7.11 Å². The Morgan fingerprint density at radius 3 is 0.950 bits per heavy atom. The Balaban J connectivity index is 0.000000255. The maximum atomic E-state index is 7.00. The monoisotopic (exact) mass is 278 g/mol. The fraction of sp³-hybridized carbons (Fsp3) is 0.308. The van der Waals surface area contributed by atoms with Gasteiger partial charge in [-0.05, 0) is 20.8 Å². The maximum absolute atomic E-state index is 7.00. The number of hydrogen-bond donors (Lipinski definition) is 4. The van der Waals surface area contributed by atoms with Crippen LogP contribution in [-0.4, -0.2) is 42.1 Å². The van der Waals surface area contributed by atoms with E-state index < -0.39 is 0 Å². The lowest BCUT2D eigenvalue weighted by atomic mass is 10.8. The van der Waals surface area contributed by atoms with E-state index >= 15 is 0 Å². The van der Waals surface area contributed by atoms with Crippen LogP contribution in [0.2, 0.25) is 0 Å². The molecule has 3 aromatic heterocycles. The first-order valence-electron chi connectivity index (χ1n) is 6.01. The molecule has 0 bridgehead atoms. The minimum absolute atomic E-state index is 0.968. The van der Waals surface area contributed by atoms with E-state index in [-0.39, 0.29) is 0 Å². The van der Waals surface area contributed by atoms with Crippen LogP contribution in [0.1, 0.15) is 17.5 Å². The van der Waals surface area contributed by atoms with Gasteiger partial charge in [-0.1, -0.05) is 0 Å². The lowest BCUT2D eigenvalue weighted by molar-refractivity contribution is 0.399. The number of aliphatic hydroxyl groups excluding tert-OH is 1. The Hall–Kier alpha value is -2.41. The standard InChI is InChI=1S/3C4H6N2.CH4O/c3*1-4-5-2-3-6-4;1-2/h3*2-3H,1H3,(H,5,6);2H,1H3. The molecule has 3 rings (SSSR count). The fourth-order valence-electron chi connectivity index (χ4n) is 1.03. The summed E-state index contributed by atoms with van der Waals surface area (Å²) >= 11 is 0. The molecule has 0 saturated carbocycles. The Morgan fingerprint density at radius 2 is 0.900 bits per heavy atom. The molecule has 20 heavy (non-hydrogen) atoms. The molecule has 0 saturated heterocycles. The summed E-state index contributed by atoms with van der Waals surface area (Å²) in [5.41, 5.74) is 0. The average Bonchev–Trinajstić information content (AvgIpc) is 3.19. The van der Waals surface area contributed by atoms with Gasteiger partial charge in [-0.2, -0.15) is 0 Å². The Kier molecular flexibility index (Phi) is 10.3. The van der Waals surface area contributed by atoms with Crippen LogP contribution in [0, 0.1) is 20.8 Å². The minimum Gasteiger partial charge on any atom is -0.400 e. The topological polar surface area (TPSA) is 106 Å². The highest BCUT2D eigenvalue weighted by Crippen LogP contribution is 1.79. The van der Waals surface area contributed by atoms with Gasteiger partial charge in [0.15, 0.2) is 0 Å². The van der Waals surface area contributed by atoms with E-state index in [1.54, 1.807) is 37.2 Å². The molecular formula is C13H22N6O. The first-order chi connectivity index (χ1) is 9.68. The van der Waals surface area contributed by atoms with Crippen molar-refractivity contribution in [2.24, 2.45) is 0 Å². The Bertz CT molecular complexity index is 410. The highest BCUT2D eigenvalue weighted by atomic mass is 16.2. The van der Waals surface area contributed by atoms with E-state index in [1.165, 1.54) is 0 Å². The summed E-state index contributed by atoms with van der Waals surface area (Å²) in [5, 5.41) is 7.00. The van der Waals surface area contributed by atoms with E-state index in [0.29, 0.717) is 0 Å². The summed E-state index contributed by atoms with van der Waals surface area (Å²) in [4.78, 5) is 20.2. The van der Waals surface area contributed by atoms with Gasteiger partial charge < -0.3 is 20.1 Å². The molecule has 7 nitrogen and oxygen atoms in total. The van der Waals surface area contributed by atoms with Crippen LogP contribution < -0.4 is 0 Å². The van der Waals surface area contributed by atoms with Gasteiger partial charge in [0.25, 0.3) is 0 Å². The summed E-state index contributed by atoms with van der Waals surface area (Å²) in [7, 11) is 1.00. The molecule has 0 aliphatic rings. The third kappa shape index (κ3) is 9.60. The Labute approximate surface area is 118 Å². The van der Waals surface area contributed by atoms with Crippen LogP contribution in [-0.2, 0) is 0 Å². The summed E-state index contributed by atoms with van der Waals surface area (Å²) < 4.78 is 0. The molecule has 0 fully saturated rings. The van der Waals surface area contributed by atoms with Crippen molar-refractivity contribution in [2.45, 2.75) is 20.8 Å². The summed E-state index contributed by atoms with van der Waals surface area (Å²) in [5.74, 6) is 2.90. The molecule has 0 aliphatic carbocycles. The molecule has 0 spiro atoms. The van der Waals surface area contributed by atoms with E-state index in [9.17, 15) is 0 Å². The SMILES string of the molecule is CO.Cc1ncc[nH]1.Cc1ncc[nH]1.Cc1ncc[nH]1. The van der Waals surface area contributed by atoms with Gasteiger partial charge in [0.2, 0.25) is 0 Å². The average molecular weight is 278 g/mol. The minimum atomic E-state index is 0.968. The highest BCUT2D eigenvalue weighted by molar-refractivity contribution is 4.81. The number of nitrogens with zero attached hydrogens (tertiary/aromatic N) is 3. The van der Waals surface area contributed by atoms with Crippen LogP contribution in [0.25, 0.3) is 0 Å². The molecule has 4 N–H and O–H groups in total. The lowest BCUT2D eigenvalue weighted by Crippen LogP contribution is -1.66. The number of H-pyrrole nitrogens is 3. The fourth-order valence-corrected chi connectivity index (χ4v) is 1.03. The second-order valence-electron chi connectivity index (χ2n) is 3.52. The third-order valence-electron chi connectivity index (χ3n) is 1.90. The van der Waals surface area contributed by atoms with Crippen LogP contribution in [0.4, 0.5) is 0 Å². The van der Waals surface area contributed by atoms with Crippen molar-refractivity contribution >= 4 is 0 Å². The number of aryl methyl sites for hydroxylation is 3. The van der Waals surface area contributed by atoms with Crippen molar-refractivity contribution in [1.29, 1.82) is 0 Å². The summed E-state index contributed by atoms with van der Waals surface area (Å²) in [6.45, 7) is 5.75.